The van der Waals surface area contributed by atoms with Crippen LogP contribution in [0.25, 0.3) is 0 Å². The topological polar surface area (TPSA) is 12.0 Å². The molecule has 1 aromatic carbocycles. The lowest BCUT2D eigenvalue weighted by Crippen LogP contribution is -2.49. The van der Waals surface area contributed by atoms with Gasteiger partial charge in [-0.05, 0) is 30.4 Å². The Balaban J connectivity index is 2.01. The standard InChI is InChI=1S/C15H21BrClN/c1-12-5-4-8-15(9-12,11-17)18-10-13-6-2-3-7-14(13)16/h2-3,6-7,12,18H,4-5,8-11H2,1H3. The van der Waals surface area contributed by atoms with Gasteiger partial charge in [-0.2, -0.15) is 0 Å². The van der Waals surface area contributed by atoms with Gasteiger partial charge in [-0.25, -0.2) is 0 Å². The van der Waals surface area contributed by atoms with Crippen LogP contribution in [0.2, 0.25) is 0 Å². The molecular weight excluding hydrogens is 310 g/mol. The first-order chi connectivity index (χ1) is 8.65. The molecule has 0 amide bonds. The van der Waals surface area contributed by atoms with Crippen LogP contribution in [0, 0.1) is 5.92 Å². The van der Waals surface area contributed by atoms with Gasteiger partial charge < -0.3 is 5.32 Å². The van der Waals surface area contributed by atoms with Gasteiger partial charge in [-0.1, -0.05) is 53.9 Å². The number of halogens is 2. The maximum absolute atomic E-state index is 6.23. The first-order valence-electron chi connectivity index (χ1n) is 6.70. The lowest BCUT2D eigenvalue weighted by molar-refractivity contribution is 0.207. The van der Waals surface area contributed by atoms with E-state index in [1.165, 1.54) is 35.7 Å². The van der Waals surface area contributed by atoms with Crippen molar-refractivity contribution in [3.8, 4) is 0 Å². The summed E-state index contributed by atoms with van der Waals surface area (Å²) in [7, 11) is 0. The fourth-order valence-electron chi connectivity index (χ4n) is 2.91. The summed E-state index contributed by atoms with van der Waals surface area (Å²) < 4.78 is 1.17. The molecule has 0 spiro atoms. The molecule has 0 radical (unpaired) electrons. The molecule has 0 bridgehead atoms. The van der Waals surface area contributed by atoms with Crippen LogP contribution in [0.15, 0.2) is 28.7 Å². The Hall–Kier alpha value is -0.0500. The first-order valence-corrected chi connectivity index (χ1v) is 8.02. The normalized spacial score (nSPS) is 28.3. The summed E-state index contributed by atoms with van der Waals surface area (Å²) in [5.41, 5.74) is 1.44. The highest BCUT2D eigenvalue weighted by molar-refractivity contribution is 9.10. The molecule has 1 fully saturated rings. The Labute approximate surface area is 123 Å². The molecule has 0 saturated heterocycles. The van der Waals surface area contributed by atoms with Gasteiger partial charge in [0.05, 0.1) is 0 Å². The Morgan fingerprint density at radius 3 is 2.89 bits per heavy atom. The van der Waals surface area contributed by atoms with E-state index in [9.17, 15) is 0 Å². The van der Waals surface area contributed by atoms with Crippen LogP contribution >= 0.6 is 27.5 Å². The fourth-order valence-corrected chi connectivity index (χ4v) is 3.68. The van der Waals surface area contributed by atoms with Crippen molar-refractivity contribution in [2.24, 2.45) is 5.92 Å². The average molecular weight is 331 g/mol. The second-order valence-electron chi connectivity index (χ2n) is 5.56. The van der Waals surface area contributed by atoms with E-state index in [1.807, 2.05) is 6.07 Å². The van der Waals surface area contributed by atoms with E-state index in [0.29, 0.717) is 5.88 Å². The molecule has 1 aliphatic carbocycles. The lowest BCUT2D eigenvalue weighted by atomic mass is 9.77. The van der Waals surface area contributed by atoms with Crippen molar-refractivity contribution in [2.45, 2.75) is 44.7 Å². The number of nitrogens with one attached hydrogen (secondary N) is 1. The molecule has 1 saturated carbocycles. The van der Waals surface area contributed by atoms with Gasteiger partial charge >= 0.3 is 0 Å². The van der Waals surface area contributed by atoms with E-state index in [-0.39, 0.29) is 5.54 Å². The molecule has 2 rings (SSSR count). The third-order valence-corrected chi connectivity index (χ3v) is 5.24. The summed E-state index contributed by atoms with van der Waals surface area (Å²) in [6.45, 7) is 3.22. The number of alkyl halides is 1. The number of benzene rings is 1. The molecule has 2 unspecified atom stereocenters. The summed E-state index contributed by atoms with van der Waals surface area (Å²) in [6, 6.07) is 8.38. The maximum Gasteiger partial charge on any atom is 0.0406 e. The molecule has 1 nitrogen and oxygen atoms in total. The predicted molar refractivity (Wildman–Crippen MR) is 82.1 cm³/mol. The van der Waals surface area contributed by atoms with E-state index in [0.717, 1.165) is 12.5 Å². The summed E-state index contributed by atoms with van der Waals surface area (Å²) >= 11 is 9.83. The van der Waals surface area contributed by atoms with Gasteiger partial charge in [0.25, 0.3) is 0 Å². The molecular formula is C15H21BrClN. The fraction of sp³-hybridized carbons (Fsp3) is 0.600. The Morgan fingerprint density at radius 2 is 2.22 bits per heavy atom. The van der Waals surface area contributed by atoms with Gasteiger partial charge in [0, 0.05) is 22.4 Å². The van der Waals surface area contributed by atoms with Crippen molar-refractivity contribution in [1.29, 1.82) is 0 Å². The van der Waals surface area contributed by atoms with Crippen molar-refractivity contribution in [1.82, 2.24) is 5.32 Å². The van der Waals surface area contributed by atoms with Crippen LogP contribution in [-0.2, 0) is 6.54 Å². The van der Waals surface area contributed by atoms with Crippen LogP contribution in [-0.4, -0.2) is 11.4 Å². The largest absolute Gasteiger partial charge is 0.306 e. The quantitative estimate of drug-likeness (QED) is 0.787. The highest BCUT2D eigenvalue weighted by Crippen LogP contribution is 2.33. The van der Waals surface area contributed by atoms with Gasteiger partial charge in [-0.15, -0.1) is 11.6 Å². The molecule has 0 heterocycles. The second kappa shape index (κ2) is 6.40. The Bertz CT molecular complexity index is 396. The summed E-state index contributed by atoms with van der Waals surface area (Å²) in [5, 5.41) is 3.71. The maximum atomic E-state index is 6.23. The number of hydrogen-bond acceptors (Lipinski definition) is 1. The molecule has 18 heavy (non-hydrogen) atoms. The SMILES string of the molecule is CC1CCCC(CCl)(NCc2ccccc2Br)C1. The summed E-state index contributed by atoms with van der Waals surface area (Å²) in [4.78, 5) is 0. The van der Waals surface area contributed by atoms with Crippen LogP contribution in [0.5, 0.6) is 0 Å². The van der Waals surface area contributed by atoms with Crippen molar-refractivity contribution >= 4 is 27.5 Å². The first kappa shape index (κ1) is 14.4. The van der Waals surface area contributed by atoms with E-state index in [1.54, 1.807) is 0 Å². The van der Waals surface area contributed by atoms with Crippen LogP contribution in [0.1, 0.15) is 38.2 Å². The molecule has 2 atom stereocenters. The molecule has 1 aromatic rings. The van der Waals surface area contributed by atoms with E-state index in [4.69, 9.17) is 11.6 Å². The Morgan fingerprint density at radius 1 is 1.44 bits per heavy atom. The van der Waals surface area contributed by atoms with E-state index in [2.05, 4.69) is 46.4 Å². The van der Waals surface area contributed by atoms with Crippen molar-refractivity contribution in [2.75, 3.05) is 5.88 Å². The molecule has 0 aliphatic heterocycles. The highest BCUT2D eigenvalue weighted by Gasteiger charge is 2.33. The van der Waals surface area contributed by atoms with Crippen molar-refractivity contribution in [3.05, 3.63) is 34.3 Å². The highest BCUT2D eigenvalue weighted by atomic mass is 79.9. The number of hydrogen-bond donors (Lipinski definition) is 1. The average Bonchev–Trinajstić information content (AvgIpc) is 2.38. The van der Waals surface area contributed by atoms with Crippen molar-refractivity contribution in [3.63, 3.8) is 0 Å². The predicted octanol–water partition coefficient (Wildman–Crippen LogP) is 4.73. The Kier molecular flexibility index (Phi) is 5.11. The molecule has 1 aliphatic rings. The van der Waals surface area contributed by atoms with Gasteiger partial charge in [0.1, 0.15) is 0 Å². The summed E-state index contributed by atoms with van der Waals surface area (Å²) in [5.74, 6) is 1.49. The zero-order valence-electron chi connectivity index (χ0n) is 10.9. The van der Waals surface area contributed by atoms with Crippen LogP contribution < -0.4 is 5.32 Å². The molecule has 100 valence electrons. The van der Waals surface area contributed by atoms with E-state index < -0.39 is 0 Å². The van der Waals surface area contributed by atoms with Gasteiger partial charge in [0.2, 0.25) is 0 Å². The van der Waals surface area contributed by atoms with Crippen LogP contribution in [0.3, 0.4) is 0 Å². The minimum atomic E-state index is 0.133. The van der Waals surface area contributed by atoms with Gasteiger partial charge in [0.15, 0.2) is 0 Å². The zero-order chi connectivity index (χ0) is 13.0. The third kappa shape index (κ3) is 3.49. The number of rotatable bonds is 4. The van der Waals surface area contributed by atoms with E-state index >= 15 is 0 Å². The minimum Gasteiger partial charge on any atom is -0.306 e. The molecule has 0 aromatic heterocycles. The second-order valence-corrected chi connectivity index (χ2v) is 6.68. The smallest absolute Gasteiger partial charge is 0.0406 e. The zero-order valence-corrected chi connectivity index (χ0v) is 13.2. The van der Waals surface area contributed by atoms with Gasteiger partial charge in [-0.3, -0.25) is 0 Å². The third-order valence-electron chi connectivity index (χ3n) is 3.96. The summed E-state index contributed by atoms with van der Waals surface area (Å²) in [6.07, 6.45) is 5.03. The van der Waals surface area contributed by atoms with Crippen molar-refractivity contribution < 1.29 is 0 Å². The monoisotopic (exact) mass is 329 g/mol. The van der Waals surface area contributed by atoms with Crippen LogP contribution in [0.4, 0.5) is 0 Å². The lowest BCUT2D eigenvalue weighted by Gasteiger charge is -2.39. The molecule has 3 heteroatoms. The molecule has 1 N–H and O–H groups in total. The minimum absolute atomic E-state index is 0.133.